The Morgan fingerprint density at radius 2 is 1.96 bits per heavy atom. The summed E-state index contributed by atoms with van der Waals surface area (Å²) in [4.78, 5) is 32.8. The zero-order valence-corrected chi connectivity index (χ0v) is 14.7. The summed E-state index contributed by atoms with van der Waals surface area (Å²) in [6.45, 7) is 0.560. The van der Waals surface area contributed by atoms with Crippen LogP contribution in [0.1, 0.15) is 41.6 Å². The molecule has 9 nitrogen and oxygen atoms in total. The van der Waals surface area contributed by atoms with Crippen molar-refractivity contribution in [2.45, 2.75) is 44.3 Å². The van der Waals surface area contributed by atoms with Crippen molar-refractivity contribution < 1.29 is 9.72 Å². The van der Waals surface area contributed by atoms with Crippen LogP contribution < -0.4 is 16.0 Å². The third-order valence-corrected chi connectivity index (χ3v) is 4.71. The van der Waals surface area contributed by atoms with Crippen LogP contribution in [0.15, 0.2) is 30.5 Å². The quantitative estimate of drug-likeness (QED) is 0.540. The van der Waals surface area contributed by atoms with Gasteiger partial charge in [-0.15, -0.1) is 0 Å². The second kappa shape index (κ2) is 6.82. The first-order valence-electron chi connectivity index (χ1n) is 8.94. The summed E-state index contributed by atoms with van der Waals surface area (Å²) in [5.74, 6) is 0.294. The molecule has 2 saturated carbocycles. The molecule has 0 atom stereocenters. The Hall–Kier alpha value is -3.23. The Balaban J connectivity index is 1.59. The van der Waals surface area contributed by atoms with E-state index in [2.05, 4.69) is 20.2 Å². The molecule has 1 aromatic carbocycles. The molecule has 140 valence electrons. The van der Waals surface area contributed by atoms with Gasteiger partial charge in [-0.3, -0.25) is 14.9 Å². The molecule has 1 aromatic heterocycles. The number of nitrogens with one attached hydrogen (secondary N) is 1. The largest absolute Gasteiger partial charge is 0.366 e. The van der Waals surface area contributed by atoms with Crippen LogP contribution in [0, 0.1) is 10.1 Å². The summed E-state index contributed by atoms with van der Waals surface area (Å²) in [5, 5.41) is 14.4. The fourth-order valence-corrected chi connectivity index (χ4v) is 2.89. The Kier molecular flexibility index (Phi) is 4.35. The Morgan fingerprint density at radius 3 is 2.52 bits per heavy atom. The molecule has 4 rings (SSSR count). The monoisotopic (exact) mass is 368 g/mol. The van der Waals surface area contributed by atoms with Crippen LogP contribution in [0.2, 0.25) is 0 Å². The van der Waals surface area contributed by atoms with Crippen LogP contribution >= 0.6 is 0 Å². The molecule has 0 saturated heterocycles. The average Bonchev–Trinajstić information content (AvgIpc) is 3.54. The van der Waals surface area contributed by atoms with Crippen molar-refractivity contribution in [3.05, 3.63) is 51.7 Å². The lowest BCUT2D eigenvalue weighted by atomic mass is 10.1. The molecule has 2 aliphatic carbocycles. The molecule has 27 heavy (non-hydrogen) atoms. The summed E-state index contributed by atoms with van der Waals surface area (Å²) in [7, 11) is 0. The van der Waals surface area contributed by atoms with E-state index in [9.17, 15) is 14.9 Å². The van der Waals surface area contributed by atoms with Gasteiger partial charge in [-0.1, -0.05) is 12.1 Å². The number of amides is 1. The van der Waals surface area contributed by atoms with Crippen LogP contribution in [-0.4, -0.2) is 32.9 Å². The number of benzene rings is 1. The zero-order chi connectivity index (χ0) is 19.0. The highest BCUT2D eigenvalue weighted by Gasteiger charge is 2.33. The van der Waals surface area contributed by atoms with Gasteiger partial charge in [-0.2, -0.15) is 4.98 Å². The van der Waals surface area contributed by atoms with E-state index >= 15 is 0 Å². The molecule has 1 amide bonds. The molecule has 0 aliphatic heterocycles. The van der Waals surface area contributed by atoms with Crippen molar-refractivity contribution >= 4 is 23.4 Å². The Morgan fingerprint density at radius 1 is 1.26 bits per heavy atom. The number of rotatable bonds is 8. The standard InChI is InChI=1S/C18H20N6O3/c19-16(25)12-3-1-11(2-4-12)10-23(14-7-8-14)18-20-9-15(24(26)27)17(22-18)21-13-5-6-13/h1-4,9,13-14H,5-8,10H2,(H2,19,25)(H,20,21,22). The van der Waals surface area contributed by atoms with Gasteiger partial charge in [-0.05, 0) is 43.4 Å². The van der Waals surface area contributed by atoms with Gasteiger partial charge in [-0.25, -0.2) is 4.98 Å². The van der Waals surface area contributed by atoms with E-state index in [-0.39, 0.29) is 17.5 Å². The Bertz CT molecular complexity index is 877. The number of anilines is 2. The lowest BCUT2D eigenvalue weighted by molar-refractivity contribution is -0.384. The third kappa shape index (κ3) is 3.97. The molecule has 2 aliphatic rings. The highest BCUT2D eigenvalue weighted by Crippen LogP contribution is 2.34. The predicted molar refractivity (Wildman–Crippen MR) is 99.5 cm³/mol. The maximum absolute atomic E-state index is 11.3. The van der Waals surface area contributed by atoms with Crippen molar-refractivity contribution in [3.8, 4) is 0 Å². The molecule has 2 fully saturated rings. The van der Waals surface area contributed by atoms with Crippen molar-refractivity contribution in [1.82, 2.24) is 9.97 Å². The van der Waals surface area contributed by atoms with Gasteiger partial charge >= 0.3 is 5.69 Å². The number of carbonyl (C=O) groups excluding carboxylic acids is 1. The number of nitrogens with zero attached hydrogens (tertiary/aromatic N) is 4. The second-order valence-corrected chi connectivity index (χ2v) is 7.00. The van der Waals surface area contributed by atoms with E-state index in [1.54, 1.807) is 12.1 Å². The molecular formula is C18H20N6O3. The van der Waals surface area contributed by atoms with E-state index in [1.807, 2.05) is 12.1 Å². The molecule has 0 unspecified atom stereocenters. The number of carbonyl (C=O) groups is 1. The molecule has 3 N–H and O–H groups in total. The number of primary amides is 1. The normalized spacial score (nSPS) is 16.0. The number of hydrogen-bond acceptors (Lipinski definition) is 7. The Labute approximate surface area is 155 Å². The summed E-state index contributed by atoms with van der Waals surface area (Å²) in [5.41, 5.74) is 6.63. The first-order chi connectivity index (χ1) is 13.0. The third-order valence-electron chi connectivity index (χ3n) is 4.71. The lowest BCUT2D eigenvalue weighted by Gasteiger charge is -2.23. The van der Waals surface area contributed by atoms with E-state index in [4.69, 9.17) is 5.73 Å². The molecule has 0 radical (unpaired) electrons. The van der Waals surface area contributed by atoms with Crippen LogP contribution in [-0.2, 0) is 6.54 Å². The molecular weight excluding hydrogens is 348 g/mol. The van der Waals surface area contributed by atoms with E-state index < -0.39 is 10.8 Å². The first-order valence-corrected chi connectivity index (χ1v) is 8.94. The predicted octanol–water partition coefficient (Wildman–Crippen LogP) is 2.23. The topological polar surface area (TPSA) is 127 Å². The van der Waals surface area contributed by atoms with Gasteiger partial charge in [0.1, 0.15) is 6.20 Å². The molecule has 1 heterocycles. The highest BCUT2D eigenvalue weighted by atomic mass is 16.6. The summed E-state index contributed by atoms with van der Waals surface area (Å²) in [6.07, 6.45) is 5.33. The van der Waals surface area contributed by atoms with Gasteiger partial charge in [0.2, 0.25) is 17.7 Å². The fourth-order valence-electron chi connectivity index (χ4n) is 2.89. The summed E-state index contributed by atoms with van der Waals surface area (Å²) >= 11 is 0. The summed E-state index contributed by atoms with van der Waals surface area (Å²) < 4.78 is 0. The van der Waals surface area contributed by atoms with Gasteiger partial charge in [0, 0.05) is 24.2 Å². The van der Waals surface area contributed by atoms with Crippen molar-refractivity contribution in [2.24, 2.45) is 5.73 Å². The second-order valence-electron chi connectivity index (χ2n) is 7.00. The zero-order valence-electron chi connectivity index (χ0n) is 14.7. The summed E-state index contributed by atoms with van der Waals surface area (Å²) in [6, 6.07) is 7.66. The maximum atomic E-state index is 11.3. The van der Waals surface area contributed by atoms with Crippen molar-refractivity contribution in [1.29, 1.82) is 0 Å². The first kappa shape index (κ1) is 17.2. The van der Waals surface area contributed by atoms with Gasteiger partial charge in [0.25, 0.3) is 0 Å². The number of nitrogens with two attached hydrogens (primary N) is 1. The van der Waals surface area contributed by atoms with Gasteiger partial charge in [0.05, 0.1) is 4.92 Å². The van der Waals surface area contributed by atoms with E-state index in [0.29, 0.717) is 24.1 Å². The molecule has 0 spiro atoms. The van der Waals surface area contributed by atoms with E-state index in [1.165, 1.54) is 6.20 Å². The average molecular weight is 368 g/mol. The van der Waals surface area contributed by atoms with Crippen LogP contribution in [0.25, 0.3) is 0 Å². The fraction of sp³-hybridized carbons (Fsp3) is 0.389. The molecule has 2 aromatic rings. The van der Waals surface area contributed by atoms with Crippen LogP contribution in [0.3, 0.4) is 0 Å². The molecule has 0 bridgehead atoms. The van der Waals surface area contributed by atoms with Crippen molar-refractivity contribution in [2.75, 3.05) is 10.2 Å². The number of hydrogen-bond donors (Lipinski definition) is 2. The van der Waals surface area contributed by atoms with Gasteiger partial charge < -0.3 is 16.0 Å². The SMILES string of the molecule is NC(=O)c1ccc(CN(c2ncc([N+](=O)[O-])c(NC3CC3)n2)C2CC2)cc1. The highest BCUT2D eigenvalue weighted by molar-refractivity contribution is 5.92. The number of nitro groups is 1. The smallest absolute Gasteiger partial charge is 0.329 e. The number of aromatic nitrogens is 2. The minimum atomic E-state index is -0.463. The maximum Gasteiger partial charge on any atom is 0.329 e. The van der Waals surface area contributed by atoms with Crippen LogP contribution in [0.4, 0.5) is 17.5 Å². The van der Waals surface area contributed by atoms with Crippen LogP contribution in [0.5, 0.6) is 0 Å². The van der Waals surface area contributed by atoms with Gasteiger partial charge in [0.15, 0.2) is 0 Å². The minimum Gasteiger partial charge on any atom is -0.366 e. The molecule has 9 heteroatoms. The lowest BCUT2D eigenvalue weighted by Crippen LogP contribution is -2.27. The van der Waals surface area contributed by atoms with E-state index in [0.717, 1.165) is 31.2 Å². The van der Waals surface area contributed by atoms with Crippen molar-refractivity contribution in [3.63, 3.8) is 0 Å². The minimum absolute atomic E-state index is 0.104.